The van der Waals surface area contributed by atoms with Crippen molar-refractivity contribution < 1.29 is 9.53 Å². The van der Waals surface area contributed by atoms with E-state index in [1.807, 2.05) is 24.3 Å². The minimum atomic E-state index is -0.141. The summed E-state index contributed by atoms with van der Waals surface area (Å²) in [5.41, 5.74) is 7.92. The van der Waals surface area contributed by atoms with Gasteiger partial charge in [-0.25, -0.2) is 19.4 Å². The van der Waals surface area contributed by atoms with Crippen LogP contribution in [0.15, 0.2) is 36.8 Å². The van der Waals surface area contributed by atoms with Crippen LogP contribution >= 0.6 is 0 Å². The molecule has 3 N–H and O–H groups in total. The van der Waals surface area contributed by atoms with Crippen LogP contribution in [0.2, 0.25) is 0 Å². The highest BCUT2D eigenvalue weighted by molar-refractivity contribution is 5.90. The number of nitrogens with zero attached hydrogens (tertiary/aromatic N) is 5. The van der Waals surface area contributed by atoms with Crippen molar-refractivity contribution in [3.8, 4) is 5.69 Å². The first-order chi connectivity index (χ1) is 12.2. The Morgan fingerprint density at radius 1 is 1.24 bits per heavy atom. The SMILES string of the molecule is Nc1ncnc2c1cnn2-c1cccc(NC(=O)N2CCOCC2)c1. The quantitative estimate of drug-likeness (QED) is 0.727. The number of nitrogens with one attached hydrogen (secondary N) is 1. The van der Waals surface area contributed by atoms with Crippen LogP contribution in [0.25, 0.3) is 16.7 Å². The van der Waals surface area contributed by atoms with E-state index in [4.69, 9.17) is 10.5 Å². The maximum absolute atomic E-state index is 12.3. The van der Waals surface area contributed by atoms with Crippen molar-refractivity contribution in [3.05, 3.63) is 36.8 Å². The van der Waals surface area contributed by atoms with Crippen LogP contribution in [0.4, 0.5) is 16.3 Å². The summed E-state index contributed by atoms with van der Waals surface area (Å²) in [6, 6.07) is 7.26. The fraction of sp³-hybridized carbons (Fsp3) is 0.250. The molecule has 2 aromatic heterocycles. The van der Waals surface area contributed by atoms with Gasteiger partial charge in [0.2, 0.25) is 0 Å². The molecule has 0 bridgehead atoms. The summed E-state index contributed by atoms with van der Waals surface area (Å²) in [7, 11) is 0. The fourth-order valence-corrected chi connectivity index (χ4v) is 2.74. The molecule has 1 fully saturated rings. The third kappa shape index (κ3) is 2.96. The molecule has 9 nitrogen and oxygen atoms in total. The van der Waals surface area contributed by atoms with Gasteiger partial charge in [-0.2, -0.15) is 5.10 Å². The Labute approximate surface area is 143 Å². The number of carbonyl (C=O) groups is 1. The van der Waals surface area contributed by atoms with Crippen molar-refractivity contribution >= 4 is 28.6 Å². The molecule has 0 atom stereocenters. The maximum Gasteiger partial charge on any atom is 0.322 e. The minimum Gasteiger partial charge on any atom is -0.383 e. The van der Waals surface area contributed by atoms with Crippen LogP contribution in [0.3, 0.4) is 0 Å². The number of hydrogen-bond donors (Lipinski definition) is 2. The molecule has 1 aromatic carbocycles. The highest BCUT2D eigenvalue weighted by atomic mass is 16.5. The number of nitrogens with two attached hydrogens (primary N) is 1. The molecular formula is C16H17N7O2. The Kier molecular flexibility index (Phi) is 3.90. The molecule has 25 heavy (non-hydrogen) atoms. The maximum atomic E-state index is 12.3. The number of morpholine rings is 1. The van der Waals surface area contributed by atoms with Gasteiger partial charge in [0, 0.05) is 18.8 Å². The monoisotopic (exact) mass is 339 g/mol. The summed E-state index contributed by atoms with van der Waals surface area (Å²) >= 11 is 0. The van der Waals surface area contributed by atoms with Gasteiger partial charge in [0.05, 0.1) is 30.5 Å². The summed E-state index contributed by atoms with van der Waals surface area (Å²) in [5, 5.41) is 7.92. The highest BCUT2D eigenvalue weighted by Gasteiger charge is 2.17. The number of urea groups is 1. The average molecular weight is 339 g/mol. The molecular weight excluding hydrogens is 322 g/mol. The van der Waals surface area contributed by atoms with Gasteiger partial charge in [0.25, 0.3) is 0 Å². The largest absolute Gasteiger partial charge is 0.383 e. The van der Waals surface area contributed by atoms with E-state index in [-0.39, 0.29) is 6.03 Å². The molecule has 9 heteroatoms. The molecule has 3 heterocycles. The number of carbonyl (C=O) groups excluding carboxylic acids is 1. The van der Waals surface area contributed by atoms with Gasteiger partial charge >= 0.3 is 6.03 Å². The van der Waals surface area contributed by atoms with Gasteiger partial charge in [-0.1, -0.05) is 6.07 Å². The second kappa shape index (κ2) is 6.36. The number of hydrogen-bond acceptors (Lipinski definition) is 6. The molecule has 0 unspecified atom stereocenters. The second-order valence-corrected chi connectivity index (χ2v) is 5.63. The van der Waals surface area contributed by atoms with E-state index in [9.17, 15) is 4.79 Å². The molecule has 0 radical (unpaired) electrons. The van der Waals surface area contributed by atoms with Gasteiger partial charge in [0.15, 0.2) is 5.65 Å². The molecule has 128 valence electrons. The molecule has 0 spiro atoms. The number of nitrogen functional groups attached to an aromatic ring is 1. The lowest BCUT2D eigenvalue weighted by atomic mass is 10.2. The molecule has 4 rings (SSSR count). The number of benzene rings is 1. The molecule has 0 aliphatic carbocycles. The molecule has 0 saturated carbocycles. The third-order valence-electron chi connectivity index (χ3n) is 4.04. The van der Waals surface area contributed by atoms with Gasteiger partial charge in [-0.05, 0) is 18.2 Å². The minimum absolute atomic E-state index is 0.141. The van der Waals surface area contributed by atoms with Crippen molar-refractivity contribution in [2.75, 3.05) is 37.4 Å². The predicted molar refractivity (Wildman–Crippen MR) is 92.5 cm³/mol. The topological polar surface area (TPSA) is 111 Å². The second-order valence-electron chi connectivity index (χ2n) is 5.63. The van der Waals surface area contributed by atoms with Gasteiger partial charge in [-0.15, -0.1) is 0 Å². The number of rotatable bonds is 2. The summed E-state index contributed by atoms with van der Waals surface area (Å²) < 4.78 is 6.93. The lowest BCUT2D eigenvalue weighted by molar-refractivity contribution is 0.0564. The van der Waals surface area contributed by atoms with E-state index in [2.05, 4.69) is 20.4 Å². The van der Waals surface area contributed by atoms with E-state index in [1.165, 1.54) is 6.33 Å². The Morgan fingerprint density at radius 3 is 2.92 bits per heavy atom. The number of fused-ring (bicyclic) bond motifs is 1. The summed E-state index contributed by atoms with van der Waals surface area (Å²) in [4.78, 5) is 22.3. The molecule has 1 aliphatic rings. The summed E-state index contributed by atoms with van der Waals surface area (Å²) in [6.45, 7) is 2.30. The predicted octanol–water partition coefficient (Wildman–Crippen LogP) is 1.26. The zero-order chi connectivity index (χ0) is 17.2. The standard InChI is InChI=1S/C16H17N7O2/c17-14-13-9-20-23(15(13)19-10-18-14)12-3-1-2-11(8-12)21-16(24)22-4-6-25-7-5-22/h1-3,8-10H,4-7H2,(H,21,24)(H2,17,18,19). The third-order valence-corrected chi connectivity index (χ3v) is 4.04. The fourth-order valence-electron chi connectivity index (χ4n) is 2.74. The summed E-state index contributed by atoms with van der Waals surface area (Å²) in [5.74, 6) is 0.382. The summed E-state index contributed by atoms with van der Waals surface area (Å²) in [6.07, 6.45) is 3.03. The smallest absolute Gasteiger partial charge is 0.322 e. The van der Waals surface area contributed by atoms with Gasteiger partial charge < -0.3 is 20.7 Å². The van der Waals surface area contributed by atoms with Crippen LogP contribution in [0.1, 0.15) is 0 Å². The zero-order valence-electron chi connectivity index (χ0n) is 13.4. The number of ether oxygens (including phenoxy) is 1. The van der Waals surface area contributed by atoms with E-state index in [0.29, 0.717) is 48.8 Å². The Bertz CT molecular complexity index is 918. The van der Waals surface area contributed by atoms with Crippen LogP contribution in [0, 0.1) is 0 Å². The van der Waals surface area contributed by atoms with Gasteiger partial charge in [-0.3, -0.25) is 0 Å². The first-order valence-corrected chi connectivity index (χ1v) is 7.91. The van der Waals surface area contributed by atoms with Crippen LogP contribution in [-0.4, -0.2) is 57.0 Å². The molecule has 1 saturated heterocycles. The average Bonchev–Trinajstić information content (AvgIpc) is 3.08. The van der Waals surface area contributed by atoms with Crippen LogP contribution < -0.4 is 11.1 Å². The van der Waals surface area contributed by atoms with Crippen molar-refractivity contribution in [1.82, 2.24) is 24.6 Å². The molecule has 2 amide bonds. The number of amides is 2. The van der Waals surface area contributed by atoms with E-state index >= 15 is 0 Å². The van der Waals surface area contributed by atoms with E-state index < -0.39 is 0 Å². The van der Waals surface area contributed by atoms with Crippen molar-refractivity contribution in [3.63, 3.8) is 0 Å². The Balaban J connectivity index is 1.60. The highest BCUT2D eigenvalue weighted by Crippen LogP contribution is 2.21. The Hall–Kier alpha value is -3.20. The lowest BCUT2D eigenvalue weighted by Gasteiger charge is -2.27. The van der Waals surface area contributed by atoms with Crippen molar-refractivity contribution in [2.24, 2.45) is 0 Å². The molecule has 3 aromatic rings. The first kappa shape index (κ1) is 15.3. The van der Waals surface area contributed by atoms with Crippen molar-refractivity contribution in [2.45, 2.75) is 0 Å². The van der Waals surface area contributed by atoms with E-state index in [1.54, 1.807) is 15.8 Å². The van der Waals surface area contributed by atoms with Crippen molar-refractivity contribution in [1.29, 1.82) is 0 Å². The number of aromatic nitrogens is 4. The normalized spacial score (nSPS) is 14.6. The van der Waals surface area contributed by atoms with E-state index in [0.717, 1.165) is 5.69 Å². The molecule has 1 aliphatic heterocycles. The van der Waals surface area contributed by atoms with Crippen LogP contribution in [-0.2, 0) is 4.74 Å². The Morgan fingerprint density at radius 2 is 2.08 bits per heavy atom. The number of anilines is 2. The van der Waals surface area contributed by atoms with Crippen LogP contribution in [0.5, 0.6) is 0 Å². The van der Waals surface area contributed by atoms with Gasteiger partial charge in [0.1, 0.15) is 12.1 Å². The zero-order valence-corrected chi connectivity index (χ0v) is 13.4. The lowest BCUT2D eigenvalue weighted by Crippen LogP contribution is -2.43. The first-order valence-electron chi connectivity index (χ1n) is 7.91.